The van der Waals surface area contributed by atoms with Gasteiger partial charge in [0.25, 0.3) is 5.69 Å². The fraction of sp³-hybridized carbons (Fsp3) is 0.667. The van der Waals surface area contributed by atoms with E-state index in [1.54, 1.807) is 0 Å². The highest BCUT2D eigenvalue weighted by molar-refractivity contribution is 6.33. The summed E-state index contributed by atoms with van der Waals surface area (Å²) in [5, 5.41) is 14.3. The van der Waals surface area contributed by atoms with Gasteiger partial charge in [0.15, 0.2) is 0 Å². The van der Waals surface area contributed by atoms with Crippen LogP contribution in [0, 0.1) is 21.4 Å². The molecule has 0 saturated heterocycles. The predicted molar refractivity (Wildman–Crippen MR) is 84.7 cm³/mol. The summed E-state index contributed by atoms with van der Waals surface area (Å²) in [7, 11) is 0. The molecule has 1 saturated carbocycles. The van der Waals surface area contributed by atoms with Crippen molar-refractivity contribution in [1.29, 1.82) is 0 Å². The zero-order valence-corrected chi connectivity index (χ0v) is 13.3. The van der Waals surface area contributed by atoms with Gasteiger partial charge in [0, 0.05) is 12.6 Å². The average molecular weight is 312 g/mol. The summed E-state index contributed by atoms with van der Waals surface area (Å²) in [6.45, 7) is 5.32. The average Bonchev–Trinajstić information content (AvgIpc) is 2.85. The monoisotopic (exact) mass is 311 g/mol. The molecule has 1 aromatic rings. The number of pyridine rings is 1. The van der Waals surface area contributed by atoms with Gasteiger partial charge in [0.05, 0.1) is 9.95 Å². The Kier molecular flexibility index (Phi) is 5.04. The van der Waals surface area contributed by atoms with Crippen LogP contribution in [0.1, 0.15) is 46.0 Å². The molecule has 1 fully saturated rings. The molecule has 1 aromatic heterocycles. The minimum absolute atomic E-state index is 0.0803. The van der Waals surface area contributed by atoms with E-state index >= 15 is 0 Å². The third-order valence-corrected chi connectivity index (χ3v) is 4.46. The second-order valence-electron chi connectivity index (χ2n) is 6.44. The minimum Gasteiger partial charge on any atom is -0.368 e. The van der Waals surface area contributed by atoms with E-state index in [2.05, 4.69) is 24.1 Å². The Morgan fingerprint density at radius 1 is 1.48 bits per heavy atom. The van der Waals surface area contributed by atoms with Crippen LogP contribution in [0.15, 0.2) is 12.3 Å². The zero-order chi connectivity index (χ0) is 15.5. The van der Waals surface area contributed by atoms with E-state index in [0.29, 0.717) is 22.2 Å². The molecule has 0 aliphatic heterocycles. The molecular formula is C15H22ClN3O2. The molecule has 21 heavy (non-hydrogen) atoms. The van der Waals surface area contributed by atoms with E-state index in [0.717, 1.165) is 6.54 Å². The van der Waals surface area contributed by atoms with Gasteiger partial charge < -0.3 is 5.32 Å². The highest BCUT2D eigenvalue weighted by atomic mass is 35.5. The van der Waals surface area contributed by atoms with Crippen molar-refractivity contribution in [3.63, 3.8) is 0 Å². The Labute approximate surface area is 130 Å². The van der Waals surface area contributed by atoms with E-state index in [-0.39, 0.29) is 5.69 Å². The van der Waals surface area contributed by atoms with Crippen LogP contribution in [0.5, 0.6) is 0 Å². The molecule has 0 spiro atoms. The molecule has 0 bridgehead atoms. The normalized spacial score (nSPS) is 17.1. The van der Waals surface area contributed by atoms with Crippen LogP contribution in [-0.4, -0.2) is 16.5 Å². The first-order valence-electron chi connectivity index (χ1n) is 7.46. The van der Waals surface area contributed by atoms with Crippen molar-refractivity contribution in [3.8, 4) is 0 Å². The molecule has 1 heterocycles. The lowest BCUT2D eigenvalue weighted by molar-refractivity contribution is -0.385. The summed E-state index contributed by atoms with van der Waals surface area (Å²) >= 11 is 6.08. The molecule has 0 atom stereocenters. The number of nitro groups is 1. The summed E-state index contributed by atoms with van der Waals surface area (Å²) in [6.07, 6.45) is 7.43. The Morgan fingerprint density at radius 3 is 2.67 bits per heavy atom. The van der Waals surface area contributed by atoms with Crippen LogP contribution in [0.25, 0.3) is 0 Å². The van der Waals surface area contributed by atoms with E-state index in [9.17, 15) is 10.1 Å². The summed E-state index contributed by atoms with van der Waals surface area (Å²) in [6, 6.07) is 1.35. The second kappa shape index (κ2) is 6.60. The fourth-order valence-corrected chi connectivity index (χ4v) is 3.60. The maximum Gasteiger partial charge on any atom is 0.289 e. The van der Waals surface area contributed by atoms with Crippen LogP contribution in [0.2, 0.25) is 5.02 Å². The molecule has 1 aliphatic rings. The van der Waals surface area contributed by atoms with Gasteiger partial charge >= 0.3 is 0 Å². The van der Waals surface area contributed by atoms with Gasteiger partial charge in [-0.25, -0.2) is 4.98 Å². The summed E-state index contributed by atoms with van der Waals surface area (Å²) in [4.78, 5) is 14.3. The Morgan fingerprint density at radius 2 is 2.14 bits per heavy atom. The van der Waals surface area contributed by atoms with Crippen LogP contribution in [0.4, 0.5) is 11.5 Å². The highest BCUT2D eigenvalue weighted by Gasteiger charge is 2.34. The molecule has 116 valence electrons. The molecular weight excluding hydrogens is 290 g/mol. The topological polar surface area (TPSA) is 68.1 Å². The molecule has 0 radical (unpaired) electrons. The Hall–Kier alpha value is -1.36. The van der Waals surface area contributed by atoms with E-state index < -0.39 is 4.92 Å². The number of rotatable bonds is 6. The zero-order valence-electron chi connectivity index (χ0n) is 12.6. The lowest BCUT2D eigenvalue weighted by Crippen LogP contribution is -2.28. The smallest absolute Gasteiger partial charge is 0.289 e. The van der Waals surface area contributed by atoms with Crippen molar-refractivity contribution < 1.29 is 4.92 Å². The SMILES string of the molecule is CC(C)CC1(CNc2ncc([N+](=O)[O-])cc2Cl)CCCC1. The third kappa shape index (κ3) is 4.06. The second-order valence-corrected chi connectivity index (χ2v) is 6.85. The number of hydrogen-bond donors (Lipinski definition) is 1. The predicted octanol–water partition coefficient (Wildman–Crippen LogP) is 4.66. The molecule has 6 heteroatoms. The van der Waals surface area contributed by atoms with Gasteiger partial charge in [0.1, 0.15) is 12.0 Å². The van der Waals surface area contributed by atoms with Gasteiger partial charge in [0.2, 0.25) is 0 Å². The summed E-state index contributed by atoms with van der Waals surface area (Å²) in [5.41, 5.74) is 0.226. The molecule has 0 aromatic carbocycles. The maximum absolute atomic E-state index is 10.7. The largest absolute Gasteiger partial charge is 0.368 e. The first kappa shape index (κ1) is 16.0. The van der Waals surface area contributed by atoms with Crippen molar-refractivity contribution in [3.05, 3.63) is 27.4 Å². The number of aromatic nitrogens is 1. The molecule has 1 N–H and O–H groups in total. The maximum atomic E-state index is 10.7. The first-order valence-corrected chi connectivity index (χ1v) is 7.83. The van der Waals surface area contributed by atoms with E-state index in [1.165, 1.54) is 44.4 Å². The van der Waals surface area contributed by atoms with Crippen molar-refractivity contribution in [2.75, 3.05) is 11.9 Å². The highest BCUT2D eigenvalue weighted by Crippen LogP contribution is 2.43. The van der Waals surface area contributed by atoms with Gasteiger partial charge in [-0.2, -0.15) is 0 Å². The summed E-state index contributed by atoms with van der Waals surface area (Å²) < 4.78 is 0. The van der Waals surface area contributed by atoms with Crippen LogP contribution >= 0.6 is 11.6 Å². The number of nitrogens with zero attached hydrogens (tertiary/aromatic N) is 2. The Bertz CT molecular complexity index is 514. The van der Waals surface area contributed by atoms with Gasteiger partial charge in [-0.3, -0.25) is 10.1 Å². The van der Waals surface area contributed by atoms with Crippen molar-refractivity contribution in [2.24, 2.45) is 11.3 Å². The molecule has 2 rings (SSSR count). The third-order valence-electron chi connectivity index (χ3n) is 4.17. The van der Waals surface area contributed by atoms with Crippen molar-refractivity contribution in [2.45, 2.75) is 46.0 Å². The van der Waals surface area contributed by atoms with E-state index in [1.807, 2.05) is 0 Å². The number of nitrogens with one attached hydrogen (secondary N) is 1. The quantitative estimate of drug-likeness (QED) is 0.612. The van der Waals surface area contributed by atoms with Gasteiger partial charge in [-0.15, -0.1) is 0 Å². The molecule has 0 unspecified atom stereocenters. The van der Waals surface area contributed by atoms with E-state index in [4.69, 9.17) is 11.6 Å². The fourth-order valence-electron chi connectivity index (χ4n) is 3.37. The van der Waals surface area contributed by atoms with Crippen LogP contribution < -0.4 is 5.32 Å². The van der Waals surface area contributed by atoms with Crippen molar-refractivity contribution >= 4 is 23.1 Å². The standard InChI is InChI=1S/C15H22ClN3O2/c1-11(2)8-15(5-3-4-6-15)10-18-14-13(16)7-12(9-17-14)19(20)21/h7,9,11H,3-6,8,10H2,1-2H3,(H,17,18). The molecule has 0 amide bonds. The number of hydrogen-bond acceptors (Lipinski definition) is 4. The number of anilines is 1. The summed E-state index contributed by atoms with van der Waals surface area (Å²) in [5.74, 6) is 1.20. The number of halogens is 1. The lowest BCUT2D eigenvalue weighted by Gasteiger charge is -2.31. The van der Waals surface area contributed by atoms with Crippen LogP contribution in [-0.2, 0) is 0 Å². The minimum atomic E-state index is -0.486. The molecule has 5 nitrogen and oxygen atoms in total. The Balaban J connectivity index is 2.06. The molecule has 1 aliphatic carbocycles. The van der Waals surface area contributed by atoms with Gasteiger partial charge in [-0.1, -0.05) is 38.3 Å². The van der Waals surface area contributed by atoms with Gasteiger partial charge in [-0.05, 0) is 30.6 Å². The lowest BCUT2D eigenvalue weighted by atomic mass is 9.78. The van der Waals surface area contributed by atoms with Crippen LogP contribution in [0.3, 0.4) is 0 Å². The van der Waals surface area contributed by atoms with Crippen molar-refractivity contribution in [1.82, 2.24) is 4.98 Å². The first-order chi connectivity index (χ1) is 9.92.